The van der Waals surface area contributed by atoms with Crippen LogP contribution in [0.15, 0.2) is 35.0 Å². The fourth-order valence-corrected chi connectivity index (χ4v) is 9.66. The van der Waals surface area contributed by atoms with Crippen LogP contribution in [0.1, 0.15) is 27.2 Å². The van der Waals surface area contributed by atoms with Gasteiger partial charge in [-0.1, -0.05) is 20.8 Å². The summed E-state index contributed by atoms with van der Waals surface area (Å²) in [5, 5.41) is 15.0. The first-order valence-electron chi connectivity index (χ1n) is 10.6. The molecule has 1 aliphatic rings. The Morgan fingerprint density at radius 1 is 1.34 bits per heavy atom. The zero-order valence-electron chi connectivity index (χ0n) is 19.5. The number of hydrogen-bond donors (Lipinski definition) is 1. The fraction of sp³-hybridized carbons (Fsp3) is 0.524. The van der Waals surface area contributed by atoms with Crippen molar-refractivity contribution in [3.8, 4) is 17.3 Å². The molecule has 11 heteroatoms. The Balaban J connectivity index is 1.64. The summed E-state index contributed by atoms with van der Waals surface area (Å²) in [6.45, 7) is 11.7. The fourth-order valence-electron chi connectivity index (χ4n) is 3.76. The van der Waals surface area contributed by atoms with E-state index in [-0.39, 0.29) is 11.5 Å². The second-order valence-corrected chi connectivity index (χ2v) is 17.5. The number of nitrogens with one attached hydrogen (secondary N) is 1. The molecule has 0 aliphatic carbocycles. The van der Waals surface area contributed by atoms with Gasteiger partial charge in [0.25, 0.3) is 0 Å². The third-order valence-electron chi connectivity index (χ3n) is 6.76. The van der Waals surface area contributed by atoms with Crippen LogP contribution in [0, 0.1) is 11.3 Å². The average Bonchev–Trinajstić information content (AvgIpc) is 3.31. The van der Waals surface area contributed by atoms with Crippen LogP contribution in [0.5, 0.6) is 0 Å². The van der Waals surface area contributed by atoms with Gasteiger partial charge < -0.3 is 4.98 Å². The molecule has 32 heavy (non-hydrogen) atoms. The molecule has 3 aromatic heterocycles. The predicted molar refractivity (Wildman–Crippen MR) is 129 cm³/mol. The van der Waals surface area contributed by atoms with Gasteiger partial charge in [-0.15, -0.1) is 0 Å². The summed E-state index contributed by atoms with van der Waals surface area (Å²) in [6.07, 6.45) is 9.05. The molecule has 0 saturated carbocycles. The van der Waals surface area contributed by atoms with Gasteiger partial charge in [-0.2, -0.15) is 10.4 Å². The number of nitriles is 1. The zero-order chi connectivity index (χ0) is 23.4. The molecule has 4 rings (SSSR count). The van der Waals surface area contributed by atoms with Gasteiger partial charge in [-0.3, -0.25) is 8.71 Å². The highest BCUT2D eigenvalue weighted by Gasteiger charge is 2.49. The quantitative estimate of drug-likeness (QED) is 0.570. The van der Waals surface area contributed by atoms with Gasteiger partial charge in [0.2, 0.25) is 0 Å². The first kappa shape index (κ1) is 22.6. The lowest BCUT2D eigenvalue weighted by Gasteiger charge is -2.49. The lowest BCUT2D eigenvalue weighted by Crippen LogP contribution is -2.64. The highest BCUT2D eigenvalue weighted by Crippen LogP contribution is 2.40. The molecule has 0 spiro atoms. The summed E-state index contributed by atoms with van der Waals surface area (Å²) in [5.74, 6) is 0. The molecular weight excluding hydrogens is 440 g/mol. The summed E-state index contributed by atoms with van der Waals surface area (Å²) in [4.78, 5) is 11.8. The van der Waals surface area contributed by atoms with E-state index in [0.717, 1.165) is 22.3 Å². The Bertz CT molecular complexity index is 1310. The third kappa shape index (κ3) is 3.76. The smallest absolute Gasteiger partial charge is 0.194 e. The van der Waals surface area contributed by atoms with Crippen LogP contribution in [-0.4, -0.2) is 60.8 Å². The molecule has 0 bridgehead atoms. The number of rotatable bonds is 5. The summed E-state index contributed by atoms with van der Waals surface area (Å²) >= 11 is 0. The van der Waals surface area contributed by atoms with Gasteiger partial charge in [0.05, 0.1) is 34.3 Å². The molecule has 4 heterocycles. The van der Waals surface area contributed by atoms with Gasteiger partial charge >= 0.3 is 0 Å². The highest BCUT2D eigenvalue weighted by molar-refractivity contribution is 7.91. The maximum absolute atomic E-state index is 13.6. The van der Waals surface area contributed by atoms with E-state index in [2.05, 4.69) is 60.0 Å². The van der Waals surface area contributed by atoms with Gasteiger partial charge in [0, 0.05) is 42.7 Å². The number of hydrogen-bond acceptors (Lipinski definition) is 6. The number of aromatic amines is 1. The van der Waals surface area contributed by atoms with Crippen LogP contribution in [0.4, 0.5) is 0 Å². The van der Waals surface area contributed by atoms with Crippen molar-refractivity contribution in [2.24, 2.45) is 4.03 Å². The van der Waals surface area contributed by atoms with E-state index >= 15 is 0 Å². The topological polar surface area (TPSA) is 116 Å². The zero-order valence-corrected chi connectivity index (χ0v) is 21.3. The second-order valence-electron chi connectivity index (χ2n) is 10.2. The first-order valence-corrected chi connectivity index (χ1v) is 15.4. The number of nitrogens with zero attached hydrogens (tertiary/aromatic N) is 7. The lowest BCUT2D eigenvalue weighted by atomic mass is 9.89. The third-order valence-corrected chi connectivity index (χ3v) is 14.8. The van der Waals surface area contributed by atoms with Crippen LogP contribution < -0.4 is 0 Å². The van der Waals surface area contributed by atoms with E-state index in [1.807, 2.05) is 27.4 Å². The van der Waals surface area contributed by atoms with Gasteiger partial charge in [0.15, 0.2) is 8.24 Å². The molecule has 170 valence electrons. The van der Waals surface area contributed by atoms with Crippen LogP contribution in [0.3, 0.4) is 0 Å². The SMILES string of the molecule is CC(C)(C)[Si](C)(C)N=S(C)(=O)N1CC(CC#N)(n2cc(-c3ncnc4[nH]ccc34)cn2)C1. The molecule has 1 saturated heterocycles. The van der Waals surface area contributed by atoms with E-state index in [0.29, 0.717) is 13.1 Å². The van der Waals surface area contributed by atoms with Crippen LogP contribution in [0.2, 0.25) is 18.1 Å². The Labute approximate surface area is 190 Å². The van der Waals surface area contributed by atoms with Gasteiger partial charge in [-0.05, 0) is 24.2 Å². The van der Waals surface area contributed by atoms with Crippen molar-refractivity contribution in [2.75, 3.05) is 19.3 Å². The minimum atomic E-state index is -2.53. The Hall–Kier alpha value is -2.55. The van der Waals surface area contributed by atoms with Crippen molar-refractivity contribution < 1.29 is 4.21 Å². The van der Waals surface area contributed by atoms with E-state index in [4.69, 9.17) is 4.03 Å². The first-order chi connectivity index (χ1) is 14.9. The minimum Gasteiger partial charge on any atom is -0.346 e. The number of aromatic nitrogens is 5. The predicted octanol–water partition coefficient (Wildman–Crippen LogP) is 3.76. The molecule has 0 radical (unpaired) electrons. The van der Waals surface area contributed by atoms with Crippen LogP contribution in [0.25, 0.3) is 22.3 Å². The Kier molecular flexibility index (Phi) is 5.31. The van der Waals surface area contributed by atoms with Crippen LogP contribution >= 0.6 is 0 Å². The summed E-state index contributed by atoms with van der Waals surface area (Å²) in [7, 11) is -4.62. The normalized spacial score (nSPS) is 18.7. The van der Waals surface area contributed by atoms with E-state index in [9.17, 15) is 9.47 Å². The monoisotopic (exact) mass is 470 g/mol. The second kappa shape index (κ2) is 7.50. The molecule has 9 nitrogen and oxygen atoms in total. The van der Waals surface area contributed by atoms with Crippen molar-refractivity contribution in [3.63, 3.8) is 0 Å². The number of H-pyrrole nitrogens is 1. The molecule has 3 aromatic rings. The molecule has 1 aliphatic heterocycles. The molecule has 0 aromatic carbocycles. The minimum absolute atomic E-state index is 0.0122. The molecule has 1 fully saturated rings. The van der Waals surface area contributed by atoms with Crippen molar-refractivity contribution in [1.82, 2.24) is 29.0 Å². The van der Waals surface area contributed by atoms with E-state index in [1.54, 1.807) is 12.5 Å². The average molecular weight is 471 g/mol. The van der Waals surface area contributed by atoms with Gasteiger partial charge in [-0.25, -0.2) is 18.5 Å². The lowest BCUT2D eigenvalue weighted by molar-refractivity contribution is 0.0755. The summed E-state index contributed by atoms with van der Waals surface area (Å²) in [5.41, 5.74) is 1.88. The highest BCUT2D eigenvalue weighted by atomic mass is 32.2. The largest absolute Gasteiger partial charge is 0.346 e. The Morgan fingerprint density at radius 3 is 2.72 bits per heavy atom. The molecule has 0 amide bonds. The maximum atomic E-state index is 13.6. The van der Waals surface area contributed by atoms with Crippen molar-refractivity contribution in [1.29, 1.82) is 5.26 Å². The van der Waals surface area contributed by atoms with Crippen molar-refractivity contribution in [3.05, 3.63) is 31.0 Å². The maximum Gasteiger partial charge on any atom is 0.194 e. The summed E-state index contributed by atoms with van der Waals surface area (Å²) in [6, 6.07) is 4.23. The molecule has 1 N–H and O–H groups in total. The van der Waals surface area contributed by atoms with Gasteiger partial charge in [0.1, 0.15) is 17.5 Å². The van der Waals surface area contributed by atoms with Crippen molar-refractivity contribution >= 4 is 29.2 Å². The standard InChI is InChI=1S/C21H30N8OSSi/c1-20(2,3)32(5,6)27-31(4,30)28-13-21(14-28,8-9-22)29-12-16(11-26-29)18-17-7-10-23-19(17)25-15-24-18/h7,10-12,15H,8,13-14H2,1-6H3,(H,23,24,25). The summed E-state index contributed by atoms with van der Waals surface area (Å²) < 4.78 is 22.2. The molecular formula is C21H30N8OSSi. The Morgan fingerprint density at radius 2 is 2.06 bits per heavy atom. The number of fused-ring (bicyclic) bond motifs is 1. The molecule has 1 unspecified atom stereocenters. The molecule has 1 atom stereocenters. The van der Waals surface area contributed by atoms with Crippen LogP contribution in [-0.2, 0) is 15.5 Å². The van der Waals surface area contributed by atoms with E-state index in [1.165, 1.54) is 6.33 Å². The van der Waals surface area contributed by atoms with Crippen molar-refractivity contribution in [2.45, 2.75) is 50.9 Å². The van der Waals surface area contributed by atoms with E-state index < -0.39 is 23.7 Å².